The van der Waals surface area contributed by atoms with Gasteiger partial charge < -0.3 is 70.8 Å². The predicted octanol–water partition coefficient (Wildman–Crippen LogP) is 15.5. The van der Waals surface area contributed by atoms with Gasteiger partial charge in [0.05, 0.1) is 73.2 Å². The van der Waals surface area contributed by atoms with Crippen LogP contribution in [0.15, 0.2) is 0 Å². The SMILES string of the molecule is CC[Si]1(CCC2CCC3OC3C2)O[Si](C)(CCC2CCC3OC3C2)O[Si](C)(CCCOCCCCOCCC[Si]2(C)O[Si](C)(CCC3CCC4OC4C3)O[Si](C)(CCC3CCC4OC4C3)O[Si](C)(CCC3CCC4OC4C3)O2)O[Si](C)(CCC2CCC3OC3C2)O1. The van der Waals surface area contributed by atoms with Crippen molar-refractivity contribution in [3.8, 4) is 0 Å². The van der Waals surface area contributed by atoms with Gasteiger partial charge in [0.2, 0.25) is 0 Å². The zero-order valence-electron chi connectivity index (χ0n) is 57.9. The fourth-order valence-electron chi connectivity index (χ4n) is 19.7. The molecule has 0 bridgehead atoms. The van der Waals surface area contributed by atoms with Gasteiger partial charge in [-0.3, -0.25) is 0 Å². The van der Waals surface area contributed by atoms with Gasteiger partial charge in [0.25, 0.3) is 0 Å². The van der Waals surface area contributed by atoms with Crippen molar-refractivity contribution in [2.75, 3.05) is 26.4 Å². The molecule has 22 atom stereocenters. The molecule has 6 aliphatic carbocycles. The molecule has 14 rings (SSSR count). The van der Waals surface area contributed by atoms with E-state index in [2.05, 4.69) is 52.8 Å². The number of hydrogen-bond donors (Lipinski definition) is 0. The largest absolute Gasteiger partial charge is 0.416 e. The summed E-state index contributed by atoms with van der Waals surface area (Å²) in [5, 5.41) is 0. The summed E-state index contributed by atoms with van der Waals surface area (Å²) in [4.78, 5) is 0. The number of epoxide rings is 6. The maximum Gasteiger partial charge on any atom is 0.320 e. The third-order valence-corrected chi connectivity index (χ3v) is 63.0. The predicted molar refractivity (Wildman–Crippen MR) is 369 cm³/mol. The van der Waals surface area contributed by atoms with E-state index < -0.39 is 68.5 Å². The molecule has 22 unspecified atom stereocenters. The van der Waals surface area contributed by atoms with Gasteiger partial charge in [-0.05, 0) is 316 Å². The third kappa shape index (κ3) is 19.0. The number of rotatable bonds is 32. The van der Waals surface area contributed by atoms with Gasteiger partial charge in [-0.1, -0.05) is 6.92 Å². The molecule has 0 amide bonds. The van der Waals surface area contributed by atoms with Crippen molar-refractivity contribution in [2.45, 2.75) is 360 Å². The Labute approximate surface area is 558 Å². The zero-order chi connectivity index (χ0) is 62.7. The fraction of sp³-hybridized carbons (Fsp3) is 1.00. The Morgan fingerprint density at radius 2 is 0.473 bits per heavy atom. The number of unbranched alkanes of at least 4 members (excludes halogenated alkanes) is 1. The van der Waals surface area contributed by atoms with Crippen LogP contribution in [-0.2, 0) is 70.8 Å². The van der Waals surface area contributed by atoms with Crippen LogP contribution in [0.25, 0.3) is 0 Å². The summed E-state index contributed by atoms with van der Waals surface area (Å²) in [6, 6.07) is 8.79. The summed E-state index contributed by atoms with van der Waals surface area (Å²) in [7, 11) is -22.0. The highest BCUT2D eigenvalue weighted by atomic mass is 28.5. The van der Waals surface area contributed by atoms with E-state index in [4.69, 9.17) is 70.8 Å². The normalized spacial score (nSPS) is 50.2. The van der Waals surface area contributed by atoms with Crippen molar-refractivity contribution in [3.63, 3.8) is 0 Å². The van der Waals surface area contributed by atoms with E-state index in [-0.39, 0.29) is 0 Å². The van der Waals surface area contributed by atoms with Gasteiger partial charge in [0.1, 0.15) is 0 Å². The van der Waals surface area contributed by atoms with Crippen molar-refractivity contribution in [1.82, 2.24) is 0 Å². The van der Waals surface area contributed by atoms with Gasteiger partial charge >= 0.3 is 68.5 Å². The van der Waals surface area contributed by atoms with Gasteiger partial charge in [0.15, 0.2) is 0 Å². The Morgan fingerprint density at radius 3 is 0.714 bits per heavy atom. The molecule has 8 heterocycles. The topological polar surface area (TPSA) is 167 Å². The second-order valence-corrected chi connectivity index (χ2v) is 62.7. The maximum absolute atomic E-state index is 7.92. The second kappa shape index (κ2) is 28.8. The molecular weight excluding hydrogens is 1290 g/mol. The molecule has 6 saturated carbocycles. The van der Waals surface area contributed by atoms with Crippen molar-refractivity contribution in [3.05, 3.63) is 0 Å². The lowest BCUT2D eigenvalue weighted by atomic mass is 9.88. The molecule has 0 N–H and O–H groups in total. The zero-order valence-corrected chi connectivity index (χ0v) is 65.9. The third-order valence-electron chi connectivity index (χ3n) is 25.2. The molecule has 14 fully saturated rings. The summed E-state index contributed by atoms with van der Waals surface area (Å²) >= 11 is 0. The van der Waals surface area contributed by atoms with Crippen LogP contribution < -0.4 is 0 Å². The minimum atomic E-state index is -2.79. The van der Waals surface area contributed by atoms with Crippen LogP contribution in [0.4, 0.5) is 0 Å². The number of ether oxygens (including phenoxy) is 8. The van der Waals surface area contributed by atoms with Crippen molar-refractivity contribution in [2.24, 2.45) is 35.5 Å². The molecule has 0 aromatic carbocycles. The average molecular weight is 1410 g/mol. The molecule has 0 aromatic heterocycles. The lowest BCUT2D eigenvalue weighted by molar-refractivity contribution is 0.101. The Balaban J connectivity index is 0.571. The van der Waals surface area contributed by atoms with Crippen molar-refractivity contribution < 1.29 is 70.8 Å². The van der Waals surface area contributed by atoms with Crippen LogP contribution in [0, 0.1) is 35.5 Å². The highest BCUT2D eigenvalue weighted by molar-refractivity contribution is 6.95. The van der Waals surface area contributed by atoms with Crippen molar-refractivity contribution in [1.29, 1.82) is 0 Å². The average Bonchev–Trinajstić information content (AvgIpc) is 1.69. The molecule has 16 nitrogen and oxygen atoms in total. The number of fused-ring (bicyclic) bond motifs is 6. The number of hydrogen-bond acceptors (Lipinski definition) is 16. The van der Waals surface area contributed by atoms with E-state index in [1.165, 1.54) is 122 Å². The summed E-state index contributed by atoms with van der Waals surface area (Å²) in [6.07, 6.45) is 38.6. The first-order valence-electron chi connectivity index (χ1n) is 38.4. The van der Waals surface area contributed by atoms with E-state index in [1.807, 2.05) is 0 Å². The van der Waals surface area contributed by atoms with Crippen LogP contribution in [0.2, 0.25) is 100 Å². The van der Waals surface area contributed by atoms with Crippen LogP contribution in [0.5, 0.6) is 0 Å². The molecule has 14 aliphatic rings. The Bertz CT molecular complexity index is 2320. The molecule has 24 heteroatoms. The van der Waals surface area contributed by atoms with Gasteiger partial charge in [-0.15, -0.1) is 0 Å². The van der Waals surface area contributed by atoms with Gasteiger partial charge in [-0.25, -0.2) is 0 Å². The first kappa shape index (κ1) is 69.2. The monoisotopic (exact) mass is 1410 g/mol. The van der Waals surface area contributed by atoms with Crippen LogP contribution in [-0.4, -0.2) is 168 Å². The maximum atomic E-state index is 7.92. The highest BCUT2D eigenvalue weighted by Gasteiger charge is 2.61. The molecule has 91 heavy (non-hydrogen) atoms. The summed E-state index contributed by atoms with van der Waals surface area (Å²) in [6.45, 7) is 22.0. The molecule has 0 aromatic rings. The minimum absolute atomic E-state index is 0.479. The Morgan fingerprint density at radius 1 is 0.253 bits per heavy atom. The van der Waals surface area contributed by atoms with E-state index in [9.17, 15) is 0 Å². The fourth-order valence-corrected chi connectivity index (χ4v) is 67.4. The molecule has 0 radical (unpaired) electrons. The summed E-state index contributed by atoms with van der Waals surface area (Å²) in [5.41, 5.74) is 0. The van der Waals surface area contributed by atoms with E-state index >= 15 is 0 Å². The van der Waals surface area contributed by atoms with Crippen LogP contribution >= 0.6 is 0 Å². The lowest BCUT2D eigenvalue weighted by Gasteiger charge is -2.52. The van der Waals surface area contributed by atoms with Crippen LogP contribution in [0.1, 0.15) is 187 Å². The smallest absolute Gasteiger partial charge is 0.320 e. The standard InChI is InChI=1S/C67H124O16Si8/c1-9-91(43-31-55-19-25-61-67(49-55)75-61)82-89(7,41-29-53-17-23-59-65(47-53)73-59)78-85(3,79-90(8,83-91)42-30-54-18-24-60-66(48-54)74-60)37-13-35-69-33-11-10-32-68-34-12-36-84(2)76-86(4,38-26-50-14-20-56-62(44-50)70-56)80-88(6,40-28-52-16-22-58-64(46-52)72-58)81-87(5,77-84)39-27-51-15-21-57-63(45-51)71-57/h50-67H,9-49H2,1-8H3. The lowest BCUT2D eigenvalue weighted by Crippen LogP contribution is -2.68. The summed E-state index contributed by atoms with van der Waals surface area (Å²) in [5.74, 6) is 4.08. The first-order valence-corrected chi connectivity index (χ1v) is 58.3. The summed E-state index contributed by atoms with van der Waals surface area (Å²) < 4.78 is 112. The van der Waals surface area contributed by atoms with E-state index in [0.717, 1.165) is 125 Å². The van der Waals surface area contributed by atoms with Gasteiger partial charge in [0, 0.05) is 26.4 Å². The Kier molecular flexibility index (Phi) is 21.9. The molecule has 8 saturated heterocycles. The molecule has 520 valence electrons. The van der Waals surface area contributed by atoms with Gasteiger partial charge in [-0.2, -0.15) is 0 Å². The minimum Gasteiger partial charge on any atom is -0.416 e. The second-order valence-electron chi connectivity index (χ2n) is 33.7. The van der Waals surface area contributed by atoms with E-state index in [0.29, 0.717) is 122 Å². The Hall–Kier alpha value is 1.10. The quantitative estimate of drug-likeness (QED) is 0.0354. The van der Waals surface area contributed by atoms with Crippen molar-refractivity contribution >= 4 is 68.5 Å². The highest BCUT2D eigenvalue weighted by Crippen LogP contribution is 2.51. The van der Waals surface area contributed by atoms with E-state index in [1.54, 1.807) is 0 Å². The molecule has 0 spiro atoms. The molecular formula is C67H124O16Si8. The molecule has 8 aliphatic heterocycles. The first-order chi connectivity index (χ1) is 43.7. The van der Waals surface area contributed by atoms with Crippen LogP contribution in [0.3, 0.4) is 0 Å².